The molecular weight excluding hydrogens is 536 g/mol. The average molecular weight is 578 g/mol. The van der Waals surface area contributed by atoms with E-state index in [1.807, 2.05) is 0 Å². The minimum Gasteiger partial charge on any atom is -0.336 e. The van der Waals surface area contributed by atoms with Gasteiger partial charge >= 0.3 is 0 Å². The molecule has 0 bridgehead atoms. The third kappa shape index (κ3) is 5.58. The summed E-state index contributed by atoms with van der Waals surface area (Å²) >= 11 is 3.57. The minimum absolute atomic E-state index is 0.181. The third-order valence-corrected chi connectivity index (χ3v) is 9.74. The first-order valence-electron chi connectivity index (χ1n) is 14.9. The number of carbonyl (C=O) groups is 1. The Kier molecular flexibility index (Phi) is 8.17. The zero-order chi connectivity index (χ0) is 25.9. The molecule has 5 nitrogen and oxygen atoms in total. The summed E-state index contributed by atoms with van der Waals surface area (Å²) in [6.07, 6.45) is 14.6. The molecule has 3 aromatic rings. The molecule has 3 aliphatic rings. The summed E-state index contributed by atoms with van der Waals surface area (Å²) < 4.78 is 3.38. The van der Waals surface area contributed by atoms with E-state index < -0.39 is 0 Å². The first-order valence-corrected chi connectivity index (χ1v) is 15.7. The Balaban J connectivity index is 1.16. The molecule has 6 heteroatoms. The summed E-state index contributed by atoms with van der Waals surface area (Å²) in [5.74, 6) is 1.73. The molecule has 1 aliphatic heterocycles. The molecule has 0 radical (unpaired) electrons. The highest BCUT2D eigenvalue weighted by molar-refractivity contribution is 9.10. The zero-order valence-electron chi connectivity index (χ0n) is 22.5. The third-order valence-electron chi connectivity index (χ3n) is 9.21. The zero-order valence-corrected chi connectivity index (χ0v) is 24.1. The van der Waals surface area contributed by atoms with Crippen molar-refractivity contribution in [2.75, 3.05) is 13.1 Å². The van der Waals surface area contributed by atoms with Crippen molar-refractivity contribution < 1.29 is 4.79 Å². The SMILES string of the molecule is O=C(C1CCN(Cc2nc3ccccc3n2-c2ccc(Br)cc2)CC1)N(C1CCCCC1)C1CCCCC1. The van der Waals surface area contributed by atoms with Crippen LogP contribution in [0.2, 0.25) is 0 Å². The summed E-state index contributed by atoms with van der Waals surface area (Å²) in [4.78, 5) is 24.0. The van der Waals surface area contributed by atoms with Crippen LogP contribution in [0.1, 0.15) is 82.9 Å². The number of hydrogen-bond acceptors (Lipinski definition) is 3. The molecule has 3 fully saturated rings. The molecular formula is C32H41BrN4O. The van der Waals surface area contributed by atoms with E-state index in [9.17, 15) is 4.79 Å². The molecule has 2 heterocycles. The van der Waals surface area contributed by atoms with Crippen molar-refractivity contribution in [2.45, 2.75) is 95.7 Å². The standard InChI is InChI=1S/C32H41BrN4O/c33-25-15-17-28(18-16-25)37-30-14-8-7-13-29(30)34-31(37)23-35-21-19-24(20-22-35)32(38)36(26-9-3-1-4-10-26)27-11-5-2-6-12-27/h7-8,13-18,24,26-27H,1-6,9-12,19-23H2. The van der Waals surface area contributed by atoms with E-state index in [-0.39, 0.29) is 5.92 Å². The Hall–Kier alpha value is -2.18. The average Bonchev–Trinajstić information content (AvgIpc) is 3.33. The summed E-state index contributed by atoms with van der Waals surface area (Å²) in [7, 11) is 0. The summed E-state index contributed by atoms with van der Waals surface area (Å²) in [5, 5.41) is 0. The second kappa shape index (κ2) is 11.9. The first kappa shape index (κ1) is 26.1. The van der Waals surface area contributed by atoms with Gasteiger partial charge in [0.1, 0.15) is 5.82 Å². The van der Waals surface area contributed by atoms with Crippen molar-refractivity contribution in [3.8, 4) is 5.69 Å². The van der Waals surface area contributed by atoms with Gasteiger partial charge in [-0.1, -0.05) is 66.6 Å². The van der Waals surface area contributed by atoms with E-state index in [2.05, 4.69) is 78.8 Å². The number of amides is 1. The molecule has 38 heavy (non-hydrogen) atoms. The van der Waals surface area contributed by atoms with Crippen molar-refractivity contribution in [1.82, 2.24) is 19.4 Å². The minimum atomic E-state index is 0.181. The van der Waals surface area contributed by atoms with Crippen LogP contribution in [-0.2, 0) is 11.3 Å². The normalized spacial score (nSPS) is 20.7. The second-order valence-electron chi connectivity index (χ2n) is 11.7. The highest BCUT2D eigenvalue weighted by Crippen LogP contribution is 2.33. The van der Waals surface area contributed by atoms with Crippen LogP contribution in [0.25, 0.3) is 16.7 Å². The molecule has 202 valence electrons. The number of carbonyl (C=O) groups excluding carboxylic acids is 1. The Morgan fingerprint density at radius 1 is 0.816 bits per heavy atom. The Labute approximate surface area is 235 Å². The summed E-state index contributed by atoms with van der Waals surface area (Å²) in [6.45, 7) is 2.73. The van der Waals surface area contributed by atoms with Crippen molar-refractivity contribution in [2.24, 2.45) is 5.92 Å². The van der Waals surface area contributed by atoms with Gasteiger partial charge in [-0.15, -0.1) is 0 Å². The Morgan fingerprint density at radius 2 is 1.42 bits per heavy atom. The number of rotatable bonds is 6. The van der Waals surface area contributed by atoms with Gasteiger partial charge in [0, 0.05) is 28.2 Å². The maximum atomic E-state index is 14.0. The van der Waals surface area contributed by atoms with E-state index >= 15 is 0 Å². The largest absolute Gasteiger partial charge is 0.336 e. The van der Waals surface area contributed by atoms with Crippen LogP contribution in [0.4, 0.5) is 0 Å². The number of nitrogens with zero attached hydrogens (tertiary/aromatic N) is 4. The number of halogens is 1. The molecule has 0 atom stereocenters. The van der Waals surface area contributed by atoms with Crippen molar-refractivity contribution >= 4 is 32.9 Å². The van der Waals surface area contributed by atoms with E-state index in [1.165, 1.54) is 64.2 Å². The van der Waals surface area contributed by atoms with Crippen LogP contribution in [0.3, 0.4) is 0 Å². The molecule has 1 aromatic heterocycles. The van der Waals surface area contributed by atoms with Crippen LogP contribution >= 0.6 is 15.9 Å². The highest BCUT2D eigenvalue weighted by Gasteiger charge is 2.37. The van der Waals surface area contributed by atoms with E-state index in [0.717, 1.165) is 59.5 Å². The monoisotopic (exact) mass is 576 g/mol. The number of para-hydroxylation sites is 2. The van der Waals surface area contributed by atoms with Gasteiger partial charge in [0.25, 0.3) is 0 Å². The molecule has 0 spiro atoms. The van der Waals surface area contributed by atoms with Gasteiger partial charge < -0.3 is 4.90 Å². The number of hydrogen-bond donors (Lipinski definition) is 0. The molecule has 2 saturated carbocycles. The van der Waals surface area contributed by atoms with Crippen molar-refractivity contribution in [3.05, 3.63) is 58.8 Å². The summed E-state index contributed by atoms with van der Waals surface area (Å²) in [5.41, 5.74) is 3.31. The topological polar surface area (TPSA) is 41.4 Å². The number of imidazole rings is 1. The number of fused-ring (bicyclic) bond motifs is 1. The van der Waals surface area contributed by atoms with Gasteiger partial charge in [-0.3, -0.25) is 14.3 Å². The molecule has 2 aromatic carbocycles. The predicted molar refractivity (Wildman–Crippen MR) is 157 cm³/mol. The Morgan fingerprint density at radius 3 is 2.05 bits per heavy atom. The molecule has 1 amide bonds. The molecule has 6 rings (SSSR count). The van der Waals surface area contributed by atoms with Gasteiger partial charge in [-0.25, -0.2) is 4.98 Å². The number of likely N-dealkylation sites (tertiary alicyclic amines) is 1. The highest BCUT2D eigenvalue weighted by atomic mass is 79.9. The maximum absolute atomic E-state index is 14.0. The number of benzene rings is 2. The summed E-state index contributed by atoms with van der Waals surface area (Å²) in [6, 6.07) is 17.9. The Bertz CT molecular complexity index is 1200. The fourth-order valence-electron chi connectivity index (χ4n) is 7.19. The first-order chi connectivity index (χ1) is 18.7. The van der Waals surface area contributed by atoms with Gasteiger partial charge in [0.2, 0.25) is 5.91 Å². The van der Waals surface area contributed by atoms with Crippen LogP contribution in [-0.4, -0.2) is 50.4 Å². The van der Waals surface area contributed by atoms with Crippen molar-refractivity contribution in [1.29, 1.82) is 0 Å². The molecule has 0 N–H and O–H groups in total. The second-order valence-corrected chi connectivity index (χ2v) is 12.6. The van der Waals surface area contributed by atoms with E-state index in [0.29, 0.717) is 18.0 Å². The number of piperidine rings is 1. The van der Waals surface area contributed by atoms with Crippen LogP contribution in [0.5, 0.6) is 0 Å². The lowest BCUT2D eigenvalue weighted by molar-refractivity contribution is -0.144. The van der Waals surface area contributed by atoms with Gasteiger partial charge in [0.05, 0.1) is 17.6 Å². The smallest absolute Gasteiger partial charge is 0.226 e. The molecule has 0 unspecified atom stereocenters. The molecule has 2 aliphatic carbocycles. The van der Waals surface area contributed by atoms with Gasteiger partial charge in [0.15, 0.2) is 0 Å². The van der Waals surface area contributed by atoms with Gasteiger partial charge in [-0.2, -0.15) is 0 Å². The van der Waals surface area contributed by atoms with Gasteiger partial charge in [-0.05, 0) is 88.0 Å². The quantitative estimate of drug-likeness (QED) is 0.305. The lowest BCUT2D eigenvalue weighted by atomic mass is 9.86. The molecule has 1 saturated heterocycles. The predicted octanol–water partition coefficient (Wildman–Crippen LogP) is 7.49. The maximum Gasteiger partial charge on any atom is 0.226 e. The fourth-order valence-corrected chi connectivity index (χ4v) is 7.45. The van der Waals surface area contributed by atoms with E-state index in [4.69, 9.17) is 4.98 Å². The van der Waals surface area contributed by atoms with Crippen LogP contribution in [0, 0.1) is 5.92 Å². The lowest BCUT2D eigenvalue weighted by Crippen LogP contribution is -2.52. The van der Waals surface area contributed by atoms with Crippen LogP contribution < -0.4 is 0 Å². The van der Waals surface area contributed by atoms with Crippen LogP contribution in [0.15, 0.2) is 53.0 Å². The fraction of sp³-hybridized carbons (Fsp3) is 0.562. The number of aromatic nitrogens is 2. The van der Waals surface area contributed by atoms with E-state index in [1.54, 1.807) is 0 Å². The van der Waals surface area contributed by atoms with Crippen molar-refractivity contribution in [3.63, 3.8) is 0 Å². The lowest BCUT2D eigenvalue weighted by Gasteiger charge is -2.44.